The maximum atomic E-state index is 13.2. The average molecular weight is 534 g/mol. The fourth-order valence-electron chi connectivity index (χ4n) is 3.18. The molecule has 0 unspecified atom stereocenters. The molecule has 0 spiro atoms. The van der Waals surface area contributed by atoms with Gasteiger partial charge in [-0.2, -0.15) is 0 Å². The van der Waals surface area contributed by atoms with Crippen LogP contribution in [0.25, 0.3) is 0 Å². The van der Waals surface area contributed by atoms with Gasteiger partial charge in [-0.15, -0.1) is 0 Å². The second kappa shape index (κ2) is 10.8. The molecule has 34 heavy (non-hydrogen) atoms. The highest BCUT2D eigenvalue weighted by molar-refractivity contribution is 7.92. The Morgan fingerprint density at radius 1 is 0.971 bits per heavy atom. The lowest BCUT2D eigenvalue weighted by Gasteiger charge is -2.29. The molecule has 10 nitrogen and oxygen atoms in total. The smallest absolute Gasteiger partial charge is 0.248 e. The van der Waals surface area contributed by atoms with Crippen LogP contribution in [0.2, 0.25) is 5.02 Å². The van der Waals surface area contributed by atoms with Crippen LogP contribution in [0.15, 0.2) is 41.3 Å². The number of rotatable bonds is 10. The van der Waals surface area contributed by atoms with Crippen LogP contribution in [0, 0.1) is 0 Å². The Kier molecular flexibility index (Phi) is 8.81. The second-order valence-corrected chi connectivity index (χ2v) is 11.7. The predicted octanol–water partition coefficient (Wildman–Crippen LogP) is 2.84. The Morgan fingerprint density at radius 3 is 2.09 bits per heavy atom. The molecule has 0 aliphatic carbocycles. The fraction of sp³-hybridized carbons (Fsp3) is 0.381. The van der Waals surface area contributed by atoms with Crippen molar-refractivity contribution in [3.05, 3.63) is 41.4 Å². The van der Waals surface area contributed by atoms with Crippen molar-refractivity contribution in [1.82, 2.24) is 4.72 Å². The number of carbonyl (C=O) groups is 1. The fourth-order valence-corrected chi connectivity index (χ4v) is 5.80. The molecule has 13 heteroatoms. The Morgan fingerprint density at radius 2 is 1.56 bits per heavy atom. The third kappa shape index (κ3) is 6.53. The lowest BCUT2D eigenvalue weighted by Crippen LogP contribution is -2.45. The molecule has 0 fully saturated rings. The molecule has 2 N–H and O–H groups in total. The van der Waals surface area contributed by atoms with Gasteiger partial charge in [-0.1, -0.05) is 11.6 Å². The maximum Gasteiger partial charge on any atom is 0.248 e. The topological polar surface area (TPSA) is 131 Å². The average Bonchev–Trinajstić information content (AvgIpc) is 2.72. The summed E-state index contributed by atoms with van der Waals surface area (Å²) in [6.45, 7) is 4.73. The minimum absolute atomic E-state index is 0.0532. The molecular formula is C21H28ClN3O7S2. The van der Waals surface area contributed by atoms with Gasteiger partial charge in [0.25, 0.3) is 0 Å². The molecule has 2 aromatic rings. The van der Waals surface area contributed by atoms with Crippen molar-refractivity contribution in [2.45, 2.75) is 37.8 Å². The number of carbonyl (C=O) groups excluding carboxylic acids is 1. The van der Waals surface area contributed by atoms with E-state index < -0.39 is 32.0 Å². The molecule has 188 valence electrons. The van der Waals surface area contributed by atoms with Crippen molar-refractivity contribution < 1.29 is 31.1 Å². The molecule has 0 saturated carbocycles. The number of sulfonamides is 2. The molecule has 0 aliphatic heterocycles. The number of nitrogens with zero attached hydrogens (tertiary/aromatic N) is 1. The molecular weight excluding hydrogens is 506 g/mol. The van der Waals surface area contributed by atoms with Crippen molar-refractivity contribution in [3.8, 4) is 11.5 Å². The highest BCUT2D eigenvalue weighted by Crippen LogP contribution is 2.35. The van der Waals surface area contributed by atoms with Crippen molar-refractivity contribution >= 4 is 48.9 Å². The number of hydrogen-bond donors (Lipinski definition) is 2. The third-order valence-corrected chi connectivity index (χ3v) is 7.72. The molecule has 0 saturated heterocycles. The maximum absolute atomic E-state index is 13.2. The first-order chi connectivity index (χ1) is 15.7. The van der Waals surface area contributed by atoms with Crippen LogP contribution in [-0.2, 0) is 24.8 Å². The zero-order chi connectivity index (χ0) is 25.8. The van der Waals surface area contributed by atoms with Crippen LogP contribution in [0.3, 0.4) is 0 Å². The van der Waals surface area contributed by atoms with Gasteiger partial charge in [-0.25, -0.2) is 21.6 Å². The van der Waals surface area contributed by atoms with Gasteiger partial charge in [0.15, 0.2) is 0 Å². The zero-order valence-electron chi connectivity index (χ0n) is 19.6. The van der Waals surface area contributed by atoms with Crippen LogP contribution in [0.5, 0.6) is 11.5 Å². The van der Waals surface area contributed by atoms with Crippen LogP contribution in [0.1, 0.15) is 20.8 Å². The van der Waals surface area contributed by atoms with Crippen molar-refractivity contribution in [2.75, 3.05) is 30.1 Å². The Bertz CT molecular complexity index is 1270. The molecule has 0 heterocycles. The van der Waals surface area contributed by atoms with E-state index in [-0.39, 0.29) is 38.8 Å². The summed E-state index contributed by atoms with van der Waals surface area (Å²) in [6.07, 6.45) is 0.947. The van der Waals surface area contributed by atoms with E-state index in [0.29, 0.717) is 0 Å². The lowest BCUT2D eigenvalue weighted by molar-refractivity contribution is -0.116. The second-order valence-electron chi connectivity index (χ2n) is 7.68. The monoisotopic (exact) mass is 533 g/mol. The summed E-state index contributed by atoms with van der Waals surface area (Å²) in [7, 11) is -5.10. The number of halogens is 1. The highest BCUT2D eigenvalue weighted by Gasteiger charge is 2.32. The quantitative estimate of drug-likeness (QED) is 0.480. The van der Waals surface area contributed by atoms with Gasteiger partial charge in [0, 0.05) is 11.1 Å². The first-order valence-electron chi connectivity index (χ1n) is 10.1. The molecule has 1 atom stereocenters. The van der Waals surface area contributed by atoms with Crippen molar-refractivity contribution in [2.24, 2.45) is 0 Å². The largest absolute Gasteiger partial charge is 0.495 e. The molecule has 2 aromatic carbocycles. The predicted molar refractivity (Wildman–Crippen MR) is 132 cm³/mol. The van der Waals surface area contributed by atoms with Crippen LogP contribution >= 0.6 is 11.6 Å². The van der Waals surface area contributed by atoms with E-state index in [2.05, 4.69) is 10.0 Å². The summed E-state index contributed by atoms with van der Waals surface area (Å²) in [4.78, 5) is 13.1. The van der Waals surface area contributed by atoms with Gasteiger partial charge in [-0.05, 0) is 57.2 Å². The molecule has 2 rings (SSSR count). The normalized spacial score (nSPS) is 12.8. The Hall–Kier alpha value is -2.54. The van der Waals surface area contributed by atoms with Crippen molar-refractivity contribution in [1.29, 1.82) is 0 Å². The number of nitrogens with one attached hydrogen (secondary N) is 2. The number of methoxy groups -OCH3 is 2. The van der Waals surface area contributed by atoms with Crippen molar-refractivity contribution in [3.63, 3.8) is 0 Å². The molecule has 0 radical (unpaired) electrons. The van der Waals surface area contributed by atoms with E-state index in [0.717, 1.165) is 10.6 Å². The van der Waals surface area contributed by atoms with E-state index in [1.165, 1.54) is 57.5 Å². The summed E-state index contributed by atoms with van der Waals surface area (Å²) in [5, 5.41) is 2.81. The summed E-state index contributed by atoms with van der Waals surface area (Å²) >= 11 is 6.06. The summed E-state index contributed by atoms with van der Waals surface area (Å²) in [6, 6.07) is 6.74. The SMILES string of the molecule is COc1ccc(S(=O)(=O)NC(C)C)cc1NC(=O)[C@@H](C)N(c1cc(Cl)ccc1OC)S(C)(=O)=O. The number of anilines is 2. The minimum atomic E-state index is -3.97. The first-order valence-corrected chi connectivity index (χ1v) is 13.8. The number of ether oxygens (including phenoxy) is 2. The van der Waals surface area contributed by atoms with E-state index in [9.17, 15) is 21.6 Å². The zero-order valence-corrected chi connectivity index (χ0v) is 22.0. The highest BCUT2D eigenvalue weighted by atomic mass is 35.5. The van der Waals surface area contributed by atoms with E-state index in [1.54, 1.807) is 13.8 Å². The number of benzene rings is 2. The van der Waals surface area contributed by atoms with Gasteiger partial charge >= 0.3 is 0 Å². The van der Waals surface area contributed by atoms with Crippen LogP contribution in [0.4, 0.5) is 11.4 Å². The van der Waals surface area contributed by atoms with E-state index in [4.69, 9.17) is 21.1 Å². The van der Waals surface area contributed by atoms with Gasteiger partial charge in [0.05, 0.1) is 36.7 Å². The van der Waals surface area contributed by atoms with Gasteiger partial charge in [0.2, 0.25) is 26.0 Å². The van der Waals surface area contributed by atoms with Crippen LogP contribution < -0.4 is 23.8 Å². The molecule has 0 bridgehead atoms. The Balaban J connectivity index is 2.49. The standard InChI is InChI=1S/C21H28ClN3O7S2/c1-13(2)24-34(29,30)16-8-10-19(31-4)17(12-16)23-21(26)14(3)25(33(6,27)28)18-11-15(22)7-9-20(18)32-5/h7-14,24H,1-6H3,(H,23,26)/t14-/m1/s1. The summed E-state index contributed by atoms with van der Waals surface area (Å²) < 4.78 is 64.3. The summed E-state index contributed by atoms with van der Waals surface area (Å²) in [5.74, 6) is -0.354. The molecule has 1 amide bonds. The minimum Gasteiger partial charge on any atom is -0.495 e. The third-order valence-electron chi connectivity index (χ3n) is 4.60. The van der Waals surface area contributed by atoms with Gasteiger partial charge < -0.3 is 14.8 Å². The lowest BCUT2D eigenvalue weighted by atomic mass is 10.2. The van der Waals surface area contributed by atoms with Gasteiger partial charge in [0.1, 0.15) is 17.5 Å². The van der Waals surface area contributed by atoms with Gasteiger partial charge in [-0.3, -0.25) is 9.10 Å². The first kappa shape index (κ1) is 27.7. The Labute approximate surface area is 205 Å². The summed E-state index contributed by atoms with van der Waals surface area (Å²) in [5.41, 5.74) is 0.127. The number of amides is 1. The van der Waals surface area contributed by atoms with E-state index >= 15 is 0 Å². The van der Waals surface area contributed by atoms with E-state index in [1.807, 2.05) is 0 Å². The van der Waals surface area contributed by atoms with Crippen LogP contribution in [-0.4, -0.2) is 55.3 Å². The molecule has 0 aromatic heterocycles. The number of hydrogen-bond acceptors (Lipinski definition) is 7. The molecule has 0 aliphatic rings.